The van der Waals surface area contributed by atoms with Gasteiger partial charge in [0, 0.05) is 11.5 Å². The lowest BCUT2D eigenvalue weighted by molar-refractivity contribution is 0.0814. The molecule has 0 saturated carbocycles. The van der Waals surface area contributed by atoms with Crippen LogP contribution in [0.1, 0.15) is 10.4 Å². The molecule has 0 unspecified atom stereocenters. The summed E-state index contributed by atoms with van der Waals surface area (Å²) in [4.78, 5) is 13.7. The minimum atomic E-state index is -0.102. The van der Waals surface area contributed by atoms with E-state index in [9.17, 15) is 4.79 Å². The van der Waals surface area contributed by atoms with Crippen LogP contribution in [0.2, 0.25) is 0 Å². The van der Waals surface area contributed by atoms with Gasteiger partial charge >= 0.3 is 0 Å². The van der Waals surface area contributed by atoms with E-state index >= 15 is 0 Å². The number of amides is 1. The van der Waals surface area contributed by atoms with Crippen LogP contribution < -0.4 is 5.73 Å². The topological polar surface area (TPSA) is 46.3 Å². The van der Waals surface area contributed by atoms with Gasteiger partial charge in [0.15, 0.2) is 0 Å². The minimum absolute atomic E-state index is 0.102. The van der Waals surface area contributed by atoms with Crippen molar-refractivity contribution in [1.29, 1.82) is 0 Å². The van der Waals surface area contributed by atoms with Gasteiger partial charge in [-0.05, 0) is 28.1 Å². The van der Waals surface area contributed by atoms with E-state index in [1.54, 1.807) is 13.1 Å². The number of thiocarbonyl (C=S) groups is 1. The van der Waals surface area contributed by atoms with E-state index in [1.807, 2.05) is 18.2 Å². The summed E-state index contributed by atoms with van der Waals surface area (Å²) in [7, 11) is 1.67. The van der Waals surface area contributed by atoms with Crippen molar-refractivity contribution in [3.63, 3.8) is 0 Å². The van der Waals surface area contributed by atoms with Crippen LogP contribution in [0.4, 0.5) is 0 Å². The number of rotatable bonds is 3. The number of carbonyl (C=O) groups excluding carboxylic acids is 1. The van der Waals surface area contributed by atoms with Gasteiger partial charge in [0.2, 0.25) is 0 Å². The van der Waals surface area contributed by atoms with E-state index in [1.165, 1.54) is 4.90 Å². The fraction of sp³-hybridized carbons (Fsp3) is 0.200. The summed E-state index contributed by atoms with van der Waals surface area (Å²) in [5, 5.41) is 0. The lowest BCUT2D eigenvalue weighted by Gasteiger charge is -2.16. The zero-order chi connectivity index (χ0) is 11.4. The summed E-state index contributed by atoms with van der Waals surface area (Å²) in [6.45, 7) is 0.287. The Labute approximate surface area is 102 Å². The summed E-state index contributed by atoms with van der Waals surface area (Å²) in [6.07, 6.45) is 0. The molecule has 0 aliphatic rings. The highest BCUT2D eigenvalue weighted by atomic mass is 79.9. The molecule has 0 bridgehead atoms. The third-order valence-electron chi connectivity index (χ3n) is 1.84. The van der Waals surface area contributed by atoms with Gasteiger partial charge in [-0.1, -0.05) is 24.4 Å². The number of nitrogens with zero attached hydrogens (tertiary/aromatic N) is 1. The molecule has 1 aromatic rings. The van der Waals surface area contributed by atoms with E-state index in [0.717, 1.165) is 4.47 Å². The quantitative estimate of drug-likeness (QED) is 0.862. The van der Waals surface area contributed by atoms with Crippen LogP contribution in [0, 0.1) is 0 Å². The molecule has 5 heteroatoms. The summed E-state index contributed by atoms with van der Waals surface area (Å²) < 4.78 is 0.768. The van der Waals surface area contributed by atoms with Gasteiger partial charge in [0.05, 0.1) is 17.1 Å². The van der Waals surface area contributed by atoms with Crippen LogP contribution in [-0.2, 0) is 0 Å². The zero-order valence-electron chi connectivity index (χ0n) is 8.24. The fourth-order valence-electron chi connectivity index (χ4n) is 1.15. The molecule has 1 amide bonds. The zero-order valence-corrected chi connectivity index (χ0v) is 10.6. The fourth-order valence-corrected chi connectivity index (χ4v) is 1.79. The van der Waals surface area contributed by atoms with Crippen molar-refractivity contribution in [1.82, 2.24) is 4.90 Å². The predicted molar refractivity (Wildman–Crippen MR) is 67.9 cm³/mol. The number of hydrogen-bond donors (Lipinski definition) is 1. The second kappa shape index (κ2) is 5.23. The van der Waals surface area contributed by atoms with Crippen LogP contribution in [0.3, 0.4) is 0 Å². The highest BCUT2D eigenvalue weighted by Crippen LogP contribution is 2.17. The Morgan fingerprint density at radius 1 is 1.53 bits per heavy atom. The largest absolute Gasteiger partial charge is 0.392 e. The molecular weight excluding hydrogens is 276 g/mol. The van der Waals surface area contributed by atoms with Gasteiger partial charge in [-0.3, -0.25) is 4.79 Å². The molecule has 1 aromatic carbocycles. The SMILES string of the molecule is CN(CC(N)=S)C(=O)c1ccccc1Br. The van der Waals surface area contributed by atoms with E-state index in [2.05, 4.69) is 15.9 Å². The first kappa shape index (κ1) is 12.1. The molecule has 0 aliphatic heterocycles. The van der Waals surface area contributed by atoms with E-state index in [-0.39, 0.29) is 12.5 Å². The highest BCUT2D eigenvalue weighted by Gasteiger charge is 2.14. The molecular formula is C10H11BrN2OS. The number of carbonyl (C=O) groups is 1. The van der Waals surface area contributed by atoms with Gasteiger partial charge in [-0.25, -0.2) is 0 Å². The number of likely N-dealkylation sites (N-methyl/N-ethyl adjacent to an activating group) is 1. The van der Waals surface area contributed by atoms with Crippen LogP contribution in [-0.4, -0.2) is 29.4 Å². The molecule has 15 heavy (non-hydrogen) atoms. The van der Waals surface area contributed by atoms with Gasteiger partial charge in [0.1, 0.15) is 0 Å². The Kier molecular flexibility index (Phi) is 4.23. The van der Waals surface area contributed by atoms with Crippen LogP contribution in [0.15, 0.2) is 28.7 Å². The Bertz CT molecular complexity index is 395. The average Bonchev–Trinajstić information content (AvgIpc) is 2.16. The standard InChI is InChI=1S/C10H11BrN2OS/c1-13(6-9(12)15)10(14)7-4-2-3-5-8(7)11/h2-5H,6H2,1H3,(H2,12,15). The Morgan fingerprint density at radius 3 is 2.67 bits per heavy atom. The molecule has 0 atom stereocenters. The van der Waals surface area contributed by atoms with E-state index in [0.29, 0.717) is 10.6 Å². The highest BCUT2D eigenvalue weighted by molar-refractivity contribution is 9.10. The summed E-state index contributed by atoms with van der Waals surface area (Å²) in [6, 6.07) is 7.24. The van der Waals surface area contributed by atoms with Crippen LogP contribution in [0.25, 0.3) is 0 Å². The van der Waals surface area contributed by atoms with Gasteiger partial charge in [-0.2, -0.15) is 0 Å². The van der Waals surface area contributed by atoms with Crippen molar-refractivity contribution in [2.24, 2.45) is 5.73 Å². The number of hydrogen-bond acceptors (Lipinski definition) is 2. The summed E-state index contributed by atoms with van der Waals surface area (Å²) >= 11 is 8.07. The monoisotopic (exact) mass is 286 g/mol. The van der Waals surface area contributed by atoms with Crippen molar-refractivity contribution < 1.29 is 4.79 Å². The van der Waals surface area contributed by atoms with Gasteiger partial charge in [0.25, 0.3) is 5.91 Å². The van der Waals surface area contributed by atoms with Crippen molar-refractivity contribution >= 4 is 39.0 Å². The number of nitrogens with two attached hydrogens (primary N) is 1. The molecule has 0 fully saturated rings. The summed E-state index contributed by atoms with van der Waals surface area (Å²) in [5.41, 5.74) is 5.98. The predicted octanol–water partition coefficient (Wildman–Crippen LogP) is 1.81. The van der Waals surface area contributed by atoms with Crippen LogP contribution >= 0.6 is 28.1 Å². The minimum Gasteiger partial charge on any atom is -0.392 e. The normalized spacial score (nSPS) is 9.73. The van der Waals surface area contributed by atoms with Crippen molar-refractivity contribution in [2.45, 2.75) is 0 Å². The van der Waals surface area contributed by atoms with Gasteiger partial charge in [-0.15, -0.1) is 0 Å². The molecule has 0 radical (unpaired) electrons. The smallest absolute Gasteiger partial charge is 0.255 e. The maximum atomic E-state index is 11.9. The first-order valence-corrected chi connectivity index (χ1v) is 5.51. The number of benzene rings is 1. The summed E-state index contributed by atoms with van der Waals surface area (Å²) in [5.74, 6) is -0.102. The second-order valence-electron chi connectivity index (χ2n) is 3.11. The average molecular weight is 287 g/mol. The third-order valence-corrected chi connectivity index (χ3v) is 2.66. The molecule has 3 nitrogen and oxygen atoms in total. The van der Waals surface area contributed by atoms with E-state index in [4.69, 9.17) is 18.0 Å². The first-order valence-electron chi connectivity index (χ1n) is 4.30. The Balaban J connectivity index is 2.85. The lowest BCUT2D eigenvalue weighted by Crippen LogP contribution is -2.34. The Morgan fingerprint density at radius 2 is 2.13 bits per heavy atom. The van der Waals surface area contributed by atoms with Crippen LogP contribution in [0.5, 0.6) is 0 Å². The third kappa shape index (κ3) is 3.28. The molecule has 0 spiro atoms. The lowest BCUT2D eigenvalue weighted by atomic mass is 10.2. The molecule has 0 aliphatic carbocycles. The Hall–Kier alpha value is -0.940. The molecule has 80 valence electrons. The molecule has 0 aromatic heterocycles. The molecule has 0 saturated heterocycles. The molecule has 1 rings (SSSR count). The van der Waals surface area contributed by atoms with Crippen molar-refractivity contribution in [3.8, 4) is 0 Å². The second-order valence-corrected chi connectivity index (χ2v) is 4.49. The molecule has 0 heterocycles. The maximum Gasteiger partial charge on any atom is 0.255 e. The number of halogens is 1. The van der Waals surface area contributed by atoms with Gasteiger partial charge < -0.3 is 10.6 Å². The maximum absolute atomic E-state index is 11.9. The van der Waals surface area contributed by atoms with E-state index < -0.39 is 0 Å². The van der Waals surface area contributed by atoms with Crippen molar-refractivity contribution in [2.75, 3.05) is 13.6 Å². The molecule has 2 N–H and O–H groups in total. The van der Waals surface area contributed by atoms with Crippen molar-refractivity contribution in [3.05, 3.63) is 34.3 Å². The first-order chi connectivity index (χ1) is 7.02.